The lowest BCUT2D eigenvalue weighted by atomic mass is 10.0. The van der Waals surface area contributed by atoms with E-state index in [1.54, 1.807) is 10.4 Å². The quantitative estimate of drug-likeness (QED) is 0.689. The van der Waals surface area contributed by atoms with Gasteiger partial charge in [0.25, 0.3) is 5.91 Å². The van der Waals surface area contributed by atoms with Gasteiger partial charge in [-0.3, -0.25) is 4.79 Å². The minimum atomic E-state index is -3.60. The Kier molecular flexibility index (Phi) is 8.16. The topological polar surface area (TPSA) is 69.7 Å². The smallest absolute Gasteiger partial charge is 0.251 e. The summed E-state index contributed by atoms with van der Waals surface area (Å²) in [5.74, 6) is 0.388. The molecule has 6 nitrogen and oxygen atoms in total. The number of carbonyl (C=O) groups excluding carboxylic acids is 1. The van der Waals surface area contributed by atoms with Gasteiger partial charge in [0, 0.05) is 37.8 Å². The van der Waals surface area contributed by atoms with Gasteiger partial charge in [-0.25, -0.2) is 8.42 Å². The molecule has 174 valence electrons. The molecule has 1 N–H and O–H groups in total. The molecule has 31 heavy (non-hydrogen) atoms. The highest BCUT2D eigenvalue weighted by atomic mass is 32.2. The third kappa shape index (κ3) is 5.88. The zero-order chi connectivity index (χ0) is 22.6. The molecule has 0 aromatic heterocycles. The molecule has 2 aliphatic heterocycles. The van der Waals surface area contributed by atoms with Gasteiger partial charge in [0.2, 0.25) is 10.0 Å². The molecule has 1 amide bonds. The molecule has 1 aromatic carbocycles. The van der Waals surface area contributed by atoms with Crippen LogP contribution in [0.5, 0.6) is 0 Å². The van der Waals surface area contributed by atoms with Crippen LogP contribution in [-0.2, 0) is 10.0 Å². The van der Waals surface area contributed by atoms with E-state index in [1.165, 1.54) is 12.8 Å². The van der Waals surface area contributed by atoms with Crippen LogP contribution >= 0.6 is 0 Å². The molecule has 0 bridgehead atoms. The third-order valence-electron chi connectivity index (χ3n) is 6.99. The van der Waals surface area contributed by atoms with Crippen LogP contribution in [0.2, 0.25) is 0 Å². The number of carbonyl (C=O) groups is 1. The minimum absolute atomic E-state index is 0.149. The lowest BCUT2D eigenvalue weighted by Crippen LogP contribution is -2.45. The highest BCUT2D eigenvalue weighted by Gasteiger charge is 2.31. The van der Waals surface area contributed by atoms with Crippen LogP contribution in [0, 0.1) is 19.8 Å². The Morgan fingerprint density at radius 1 is 1.06 bits per heavy atom. The van der Waals surface area contributed by atoms with E-state index in [9.17, 15) is 13.2 Å². The van der Waals surface area contributed by atoms with Gasteiger partial charge >= 0.3 is 0 Å². The molecule has 2 saturated heterocycles. The lowest BCUT2D eigenvalue weighted by molar-refractivity contribution is 0.0910. The molecule has 0 unspecified atom stereocenters. The van der Waals surface area contributed by atoms with E-state index in [0.29, 0.717) is 24.6 Å². The second-order valence-electron chi connectivity index (χ2n) is 9.45. The van der Waals surface area contributed by atoms with Crippen molar-refractivity contribution in [3.63, 3.8) is 0 Å². The van der Waals surface area contributed by atoms with Gasteiger partial charge in [-0.15, -0.1) is 0 Å². The monoisotopic (exact) mass is 449 g/mol. The number of aryl methyl sites for hydroxylation is 1. The average molecular weight is 450 g/mol. The number of hydrogen-bond donors (Lipinski definition) is 1. The number of unbranched alkanes of at least 4 members (excludes halogenated alkanes) is 1. The Labute approximate surface area is 188 Å². The number of hydrogen-bond acceptors (Lipinski definition) is 4. The molecule has 2 aliphatic rings. The Hall–Kier alpha value is -1.44. The first-order chi connectivity index (χ1) is 14.7. The maximum Gasteiger partial charge on any atom is 0.251 e. The minimum Gasteiger partial charge on any atom is -0.349 e. The van der Waals surface area contributed by atoms with Crippen molar-refractivity contribution >= 4 is 15.9 Å². The summed E-state index contributed by atoms with van der Waals surface area (Å²) in [6, 6.07) is 3.55. The molecule has 2 heterocycles. The third-order valence-corrected chi connectivity index (χ3v) is 9.02. The SMILES string of the molecule is CCCCN1CCC(NC(=O)c2cc(C)c(C)c(S(=O)(=O)N3CCC(C)CC3)c2)CC1. The van der Waals surface area contributed by atoms with Crippen molar-refractivity contribution in [3.8, 4) is 0 Å². The fourth-order valence-corrected chi connectivity index (χ4v) is 6.34. The first-order valence-corrected chi connectivity index (χ1v) is 13.3. The summed E-state index contributed by atoms with van der Waals surface area (Å²) in [4.78, 5) is 15.7. The summed E-state index contributed by atoms with van der Waals surface area (Å²) in [7, 11) is -3.60. The summed E-state index contributed by atoms with van der Waals surface area (Å²) >= 11 is 0. The van der Waals surface area contributed by atoms with Gasteiger partial charge in [-0.1, -0.05) is 20.3 Å². The maximum atomic E-state index is 13.3. The number of benzene rings is 1. The predicted octanol–water partition coefficient (Wildman–Crippen LogP) is 3.72. The van der Waals surface area contributed by atoms with Gasteiger partial charge in [0.15, 0.2) is 0 Å². The lowest BCUT2D eigenvalue weighted by Gasteiger charge is -2.32. The number of sulfonamides is 1. The number of nitrogens with one attached hydrogen (secondary N) is 1. The normalized spacial score (nSPS) is 20.1. The Balaban J connectivity index is 1.71. The first kappa shape index (κ1) is 24.2. The van der Waals surface area contributed by atoms with Gasteiger partial charge < -0.3 is 10.2 Å². The van der Waals surface area contributed by atoms with E-state index < -0.39 is 10.0 Å². The van der Waals surface area contributed by atoms with Gasteiger partial charge in [-0.2, -0.15) is 4.31 Å². The van der Waals surface area contributed by atoms with Crippen molar-refractivity contribution in [2.45, 2.75) is 77.2 Å². The van der Waals surface area contributed by atoms with E-state index in [-0.39, 0.29) is 16.8 Å². The molecule has 1 aromatic rings. The fraction of sp³-hybridized carbons (Fsp3) is 0.708. The summed E-state index contributed by atoms with van der Waals surface area (Å²) < 4.78 is 28.3. The Morgan fingerprint density at radius 2 is 1.71 bits per heavy atom. The van der Waals surface area contributed by atoms with Crippen molar-refractivity contribution in [1.29, 1.82) is 0 Å². The number of nitrogens with zero attached hydrogens (tertiary/aromatic N) is 2. The summed E-state index contributed by atoms with van der Waals surface area (Å²) in [6.07, 6.45) is 6.07. The second-order valence-corrected chi connectivity index (χ2v) is 11.4. The Morgan fingerprint density at radius 3 is 2.32 bits per heavy atom. The summed E-state index contributed by atoms with van der Waals surface area (Å²) in [6.45, 7) is 12.3. The highest BCUT2D eigenvalue weighted by Crippen LogP contribution is 2.28. The van der Waals surface area contributed by atoms with E-state index in [0.717, 1.165) is 56.4 Å². The first-order valence-electron chi connectivity index (χ1n) is 11.9. The number of rotatable bonds is 7. The van der Waals surface area contributed by atoms with E-state index in [1.807, 2.05) is 19.9 Å². The number of piperidine rings is 2. The van der Waals surface area contributed by atoms with Crippen molar-refractivity contribution in [2.24, 2.45) is 5.92 Å². The standard InChI is InChI=1S/C24H39N3O3S/c1-5-6-11-26-12-9-22(10-13-26)25-24(28)21-16-19(3)20(4)23(17-21)31(29,30)27-14-7-18(2)8-15-27/h16-18,22H,5-15H2,1-4H3,(H,25,28). The van der Waals surface area contributed by atoms with Crippen molar-refractivity contribution in [2.75, 3.05) is 32.7 Å². The average Bonchev–Trinajstić information content (AvgIpc) is 2.75. The molecule has 7 heteroatoms. The van der Waals surface area contributed by atoms with Crippen LogP contribution < -0.4 is 5.32 Å². The summed E-state index contributed by atoms with van der Waals surface area (Å²) in [5.41, 5.74) is 2.02. The summed E-state index contributed by atoms with van der Waals surface area (Å²) in [5, 5.41) is 3.15. The van der Waals surface area contributed by atoms with Crippen LogP contribution in [0.3, 0.4) is 0 Å². The van der Waals surface area contributed by atoms with E-state index in [4.69, 9.17) is 0 Å². The fourth-order valence-electron chi connectivity index (χ4n) is 4.54. The van der Waals surface area contributed by atoms with E-state index in [2.05, 4.69) is 24.1 Å². The number of likely N-dealkylation sites (tertiary alicyclic amines) is 1. The predicted molar refractivity (Wildman–Crippen MR) is 125 cm³/mol. The molecular formula is C24H39N3O3S. The van der Waals surface area contributed by atoms with Gasteiger partial charge in [0.1, 0.15) is 0 Å². The molecule has 0 saturated carbocycles. The zero-order valence-corrected chi connectivity index (χ0v) is 20.4. The second kappa shape index (κ2) is 10.5. The van der Waals surface area contributed by atoms with Crippen LogP contribution in [0.4, 0.5) is 0 Å². The molecule has 0 radical (unpaired) electrons. The largest absolute Gasteiger partial charge is 0.349 e. The van der Waals surface area contributed by atoms with Gasteiger partial charge in [-0.05, 0) is 81.7 Å². The van der Waals surface area contributed by atoms with E-state index >= 15 is 0 Å². The molecule has 0 atom stereocenters. The molecule has 0 aliphatic carbocycles. The van der Waals surface area contributed by atoms with Crippen LogP contribution in [0.25, 0.3) is 0 Å². The molecule has 2 fully saturated rings. The van der Waals surface area contributed by atoms with Crippen LogP contribution in [-0.4, -0.2) is 62.3 Å². The van der Waals surface area contributed by atoms with Crippen molar-refractivity contribution in [1.82, 2.24) is 14.5 Å². The molecule has 0 spiro atoms. The van der Waals surface area contributed by atoms with Crippen molar-refractivity contribution in [3.05, 3.63) is 28.8 Å². The molecular weight excluding hydrogens is 410 g/mol. The van der Waals surface area contributed by atoms with Gasteiger partial charge in [0.05, 0.1) is 4.90 Å². The number of amides is 1. The highest BCUT2D eigenvalue weighted by molar-refractivity contribution is 7.89. The van der Waals surface area contributed by atoms with Crippen LogP contribution in [0.1, 0.15) is 73.9 Å². The molecule has 3 rings (SSSR count). The Bertz CT molecular complexity index is 868. The zero-order valence-electron chi connectivity index (χ0n) is 19.6. The maximum absolute atomic E-state index is 13.3. The van der Waals surface area contributed by atoms with Crippen LogP contribution in [0.15, 0.2) is 17.0 Å². The van der Waals surface area contributed by atoms with Crippen molar-refractivity contribution < 1.29 is 13.2 Å².